The third kappa shape index (κ3) is 3.99. The minimum absolute atomic E-state index is 0.0297. The van der Waals surface area contributed by atoms with Crippen molar-refractivity contribution >= 4 is 17.2 Å². The summed E-state index contributed by atoms with van der Waals surface area (Å²) in [6.07, 6.45) is 5.78. The van der Waals surface area contributed by atoms with E-state index in [1.807, 2.05) is 88.4 Å². The van der Waals surface area contributed by atoms with Gasteiger partial charge in [-0.3, -0.25) is 4.79 Å². The van der Waals surface area contributed by atoms with Gasteiger partial charge in [0.05, 0.1) is 17.4 Å². The molecule has 6 rings (SSSR count). The average Bonchev–Trinajstić information content (AvgIpc) is 3.54. The maximum Gasteiger partial charge on any atom is 0.257 e. The monoisotopic (exact) mass is 454 g/mol. The molecule has 2 aliphatic rings. The SMILES string of the molecule is O=C1c2ccccc2NC(c2ccc(OCc3cn4ccccc4n3)cc2)N1CC1CCCO1. The van der Waals surface area contributed by atoms with Gasteiger partial charge in [-0.2, -0.15) is 0 Å². The van der Waals surface area contributed by atoms with Crippen LogP contribution in [0.1, 0.15) is 40.6 Å². The van der Waals surface area contributed by atoms with E-state index in [4.69, 9.17) is 9.47 Å². The molecule has 34 heavy (non-hydrogen) atoms. The molecule has 1 amide bonds. The number of carbonyl (C=O) groups excluding carboxylic acids is 1. The molecule has 1 N–H and O–H groups in total. The molecule has 4 aromatic rings. The van der Waals surface area contributed by atoms with E-state index in [0.29, 0.717) is 18.7 Å². The van der Waals surface area contributed by atoms with Crippen molar-refractivity contribution in [3.63, 3.8) is 0 Å². The number of hydrogen-bond acceptors (Lipinski definition) is 5. The van der Waals surface area contributed by atoms with E-state index in [1.54, 1.807) is 0 Å². The molecule has 0 saturated carbocycles. The number of imidazole rings is 1. The molecule has 2 aliphatic heterocycles. The number of fused-ring (bicyclic) bond motifs is 2. The van der Waals surface area contributed by atoms with Gasteiger partial charge in [-0.25, -0.2) is 4.98 Å². The predicted octanol–water partition coefficient (Wildman–Crippen LogP) is 4.66. The van der Waals surface area contributed by atoms with Crippen molar-refractivity contribution in [1.82, 2.24) is 14.3 Å². The molecular formula is C27H26N4O3. The molecule has 0 radical (unpaired) electrons. The summed E-state index contributed by atoms with van der Waals surface area (Å²) < 4.78 is 13.8. The van der Waals surface area contributed by atoms with E-state index in [-0.39, 0.29) is 18.2 Å². The highest BCUT2D eigenvalue weighted by molar-refractivity contribution is 6.01. The van der Waals surface area contributed by atoms with Gasteiger partial charge < -0.3 is 24.1 Å². The fraction of sp³-hybridized carbons (Fsp3) is 0.259. The number of hydrogen-bond donors (Lipinski definition) is 1. The molecule has 0 aliphatic carbocycles. The normalized spacial score (nSPS) is 19.8. The van der Waals surface area contributed by atoms with Gasteiger partial charge in [0.25, 0.3) is 5.91 Å². The Hall–Kier alpha value is -3.84. The van der Waals surface area contributed by atoms with E-state index in [2.05, 4.69) is 10.3 Å². The van der Waals surface area contributed by atoms with Crippen molar-refractivity contribution in [2.75, 3.05) is 18.5 Å². The Balaban J connectivity index is 1.21. The largest absolute Gasteiger partial charge is 0.487 e. The first-order valence-corrected chi connectivity index (χ1v) is 11.7. The van der Waals surface area contributed by atoms with Crippen molar-refractivity contribution in [1.29, 1.82) is 0 Å². The number of pyridine rings is 1. The van der Waals surface area contributed by atoms with Gasteiger partial charge in [-0.15, -0.1) is 0 Å². The second kappa shape index (κ2) is 8.83. The van der Waals surface area contributed by atoms with Crippen molar-refractivity contribution < 1.29 is 14.3 Å². The molecule has 4 heterocycles. The van der Waals surface area contributed by atoms with Crippen LogP contribution in [0.5, 0.6) is 5.75 Å². The minimum Gasteiger partial charge on any atom is -0.487 e. The zero-order chi connectivity index (χ0) is 22.9. The number of para-hydroxylation sites is 1. The lowest BCUT2D eigenvalue weighted by molar-refractivity contribution is 0.0427. The van der Waals surface area contributed by atoms with E-state index in [0.717, 1.165) is 47.8 Å². The summed E-state index contributed by atoms with van der Waals surface area (Å²) in [5.41, 5.74) is 4.32. The summed E-state index contributed by atoms with van der Waals surface area (Å²) in [6.45, 7) is 1.72. The van der Waals surface area contributed by atoms with Crippen LogP contribution in [0.2, 0.25) is 0 Å². The molecule has 7 heteroatoms. The summed E-state index contributed by atoms with van der Waals surface area (Å²) in [4.78, 5) is 19.9. The Morgan fingerprint density at radius 3 is 2.74 bits per heavy atom. The van der Waals surface area contributed by atoms with Crippen LogP contribution in [0, 0.1) is 0 Å². The molecule has 172 valence electrons. The summed E-state index contributed by atoms with van der Waals surface area (Å²) in [5, 5.41) is 3.56. The van der Waals surface area contributed by atoms with Crippen molar-refractivity contribution in [3.8, 4) is 5.75 Å². The number of amides is 1. The van der Waals surface area contributed by atoms with Gasteiger partial charge in [0.15, 0.2) is 0 Å². The van der Waals surface area contributed by atoms with E-state index in [9.17, 15) is 4.79 Å². The summed E-state index contributed by atoms with van der Waals surface area (Å²) in [5.74, 6) is 0.788. The number of anilines is 1. The fourth-order valence-corrected chi connectivity index (χ4v) is 4.71. The lowest BCUT2D eigenvalue weighted by Crippen LogP contribution is -2.46. The molecule has 2 aromatic heterocycles. The summed E-state index contributed by atoms with van der Waals surface area (Å²) in [6, 6.07) is 21.5. The van der Waals surface area contributed by atoms with Crippen LogP contribution >= 0.6 is 0 Å². The zero-order valence-corrected chi connectivity index (χ0v) is 18.8. The molecular weight excluding hydrogens is 428 g/mol. The number of aromatic nitrogens is 2. The van der Waals surface area contributed by atoms with Gasteiger partial charge in [0.1, 0.15) is 24.2 Å². The number of rotatable bonds is 6. The smallest absolute Gasteiger partial charge is 0.257 e. The van der Waals surface area contributed by atoms with Crippen molar-refractivity contribution in [2.24, 2.45) is 0 Å². The Labute approximate surface area is 197 Å². The highest BCUT2D eigenvalue weighted by Gasteiger charge is 2.35. The third-order valence-corrected chi connectivity index (χ3v) is 6.44. The molecule has 2 unspecified atom stereocenters. The Bertz CT molecular complexity index is 1280. The highest BCUT2D eigenvalue weighted by atomic mass is 16.5. The Morgan fingerprint density at radius 1 is 1.06 bits per heavy atom. The van der Waals surface area contributed by atoms with Gasteiger partial charge >= 0.3 is 0 Å². The first kappa shape index (κ1) is 20.7. The van der Waals surface area contributed by atoms with Crippen LogP contribution in [-0.4, -0.2) is 39.4 Å². The maximum absolute atomic E-state index is 13.4. The van der Waals surface area contributed by atoms with Gasteiger partial charge in [-0.05, 0) is 54.8 Å². The molecule has 2 aromatic carbocycles. The Kier molecular flexibility index (Phi) is 5.39. The van der Waals surface area contributed by atoms with Gasteiger partial charge in [0, 0.05) is 31.2 Å². The van der Waals surface area contributed by atoms with Crippen LogP contribution < -0.4 is 10.1 Å². The molecule has 1 fully saturated rings. The first-order chi connectivity index (χ1) is 16.7. The van der Waals surface area contributed by atoms with Gasteiger partial charge in [-0.1, -0.05) is 30.3 Å². The number of ether oxygens (including phenoxy) is 2. The topological polar surface area (TPSA) is 68.1 Å². The standard InChI is InChI=1S/C27H26N4O3/c32-27-23-7-1-2-8-24(23)29-26(31(27)17-22-6-5-15-33-22)19-10-12-21(13-11-19)34-18-20-16-30-14-4-3-9-25(30)28-20/h1-4,7-14,16,22,26,29H,5-6,15,17-18H2. The van der Waals surface area contributed by atoms with Crippen LogP contribution in [-0.2, 0) is 11.3 Å². The molecule has 0 spiro atoms. The van der Waals surface area contributed by atoms with Gasteiger partial charge in [0.2, 0.25) is 0 Å². The van der Waals surface area contributed by atoms with E-state index < -0.39 is 0 Å². The predicted molar refractivity (Wildman–Crippen MR) is 129 cm³/mol. The first-order valence-electron chi connectivity index (χ1n) is 11.7. The summed E-state index contributed by atoms with van der Waals surface area (Å²) in [7, 11) is 0. The van der Waals surface area contributed by atoms with Crippen LogP contribution in [0.4, 0.5) is 5.69 Å². The lowest BCUT2D eigenvalue weighted by Gasteiger charge is -2.39. The fourth-order valence-electron chi connectivity index (χ4n) is 4.71. The average molecular weight is 455 g/mol. The lowest BCUT2D eigenvalue weighted by atomic mass is 10.0. The molecule has 1 saturated heterocycles. The number of benzene rings is 2. The van der Waals surface area contributed by atoms with Crippen LogP contribution in [0.3, 0.4) is 0 Å². The quantitative estimate of drug-likeness (QED) is 0.459. The second-order valence-corrected chi connectivity index (χ2v) is 8.74. The summed E-state index contributed by atoms with van der Waals surface area (Å²) >= 11 is 0. The van der Waals surface area contributed by atoms with Crippen molar-refractivity contribution in [3.05, 3.63) is 95.9 Å². The number of carbonyl (C=O) groups is 1. The zero-order valence-electron chi connectivity index (χ0n) is 18.8. The maximum atomic E-state index is 13.4. The van der Waals surface area contributed by atoms with Crippen LogP contribution in [0.25, 0.3) is 5.65 Å². The van der Waals surface area contributed by atoms with Crippen LogP contribution in [0.15, 0.2) is 79.1 Å². The molecule has 0 bridgehead atoms. The van der Waals surface area contributed by atoms with Crippen molar-refractivity contribution in [2.45, 2.75) is 31.7 Å². The van der Waals surface area contributed by atoms with E-state index in [1.165, 1.54) is 0 Å². The molecule has 7 nitrogen and oxygen atoms in total. The second-order valence-electron chi connectivity index (χ2n) is 8.74. The third-order valence-electron chi connectivity index (χ3n) is 6.44. The number of nitrogens with one attached hydrogen (secondary N) is 1. The minimum atomic E-state index is -0.265. The molecule has 2 atom stereocenters. The highest BCUT2D eigenvalue weighted by Crippen LogP contribution is 2.34. The Morgan fingerprint density at radius 2 is 1.91 bits per heavy atom. The number of nitrogens with zero attached hydrogens (tertiary/aromatic N) is 3. The van der Waals surface area contributed by atoms with E-state index >= 15 is 0 Å².